The maximum atomic E-state index is 13.7. The molecule has 0 N–H and O–H groups in total. The monoisotopic (exact) mass is 620 g/mol. The van der Waals surface area contributed by atoms with Crippen LogP contribution in [0.25, 0.3) is 0 Å². The van der Waals surface area contributed by atoms with Crippen LogP contribution in [0.4, 0.5) is 0 Å². The van der Waals surface area contributed by atoms with Crippen molar-refractivity contribution in [2.75, 3.05) is 0 Å². The van der Waals surface area contributed by atoms with Gasteiger partial charge in [-0.1, -0.05) is 121 Å². The van der Waals surface area contributed by atoms with E-state index in [0.29, 0.717) is 25.7 Å². The van der Waals surface area contributed by atoms with Crippen LogP contribution in [0, 0.1) is 17.3 Å². The maximum Gasteiger partial charge on any atom is 0.0485 e. The van der Waals surface area contributed by atoms with Gasteiger partial charge in [0.1, 0.15) is 0 Å². The van der Waals surface area contributed by atoms with Gasteiger partial charge in [0, 0.05) is 38.4 Å². The second kappa shape index (κ2) is 13.7. The molecule has 2 saturated heterocycles. The second-order valence-corrected chi connectivity index (χ2v) is 14.9. The summed E-state index contributed by atoms with van der Waals surface area (Å²) in [5.74, 6) is -3.41. The fourth-order valence-electron chi connectivity index (χ4n) is 7.48. The number of aliphatic carboxylic acids is 2. The fourth-order valence-corrected chi connectivity index (χ4v) is 10.9. The molecule has 2 fully saturated rings. The number of thioether (sulfide) groups is 2. The van der Waals surface area contributed by atoms with E-state index in [1.165, 1.54) is 0 Å². The van der Waals surface area contributed by atoms with Crippen LogP contribution >= 0.6 is 23.5 Å². The first kappa shape index (κ1) is 30.5. The zero-order chi connectivity index (χ0) is 30.5. The zero-order valence-electron chi connectivity index (χ0n) is 24.5. The van der Waals surface area contributed by atoms with Gasteiger partial charge < -0.3 is 19.8 Å². The molecule has 4 atom stereocenters. The van der Waals surface area contributed by atoms with Crippen LogP contribution in [0.3, 0.4) is 0 Å². The summed E-state index contributed by atoms with van der Waals surface area (Å²) in [5.41, 5.74) is 2.94. The summed E-state index contributed by atoms with van der Waals surface area (Å²) >= 11 is 3.70. The molecule has 4 unspecified atom stereocenters. The molecule has 0 aliphatic carbocycles. The molecule has 2 heterocycles. The van der Waals surface area contributed by atoms with Crippen molar-refractivity contribution >= 4 is 35.5 Å². The van der Waals surface area contributed by atoms with E-state index in [4.69, 9.17) is 0 Å². The van der Waals surface area contributed by atoms with Gasteiger partial charge in [0.25, 0.3) is 0 Å². The van der Waals surface area contributed by atoms with Crippen LogP contribution in [0.5, 0.6) is 0 Å². The van der Waals surface area contributed by atoms with Crippen molar-refractivity contribution in [1.29, 1.82) is 0 Å². The first-order valence-electron chi connectivity index (χ1n) is 15.4. The lowest BCUT2D eigenvalue weighted by Crippen LogP contribution is -2.56. The molecule has 0 radical (unpaired) electrons. The number of benzene rings is 4. The molecule has 6 rings (SSSR count). The van der Waals surface area contributed by atoms with E-state index in [9.17, 15) is 19.8 Å². The number of carbonyl (C=O) groups excluding carboxylic acids is 2. The first-order valence-corrected chi connectivity index (χ1v) is 17.2. The van der Waals surface area contributed by atoms with Gasteiger partial charge in [-0.15, -0.1) is 23.5 Å². The van der Waals surface area contributed by atoms with Crippen molar-refractivity contribution in [1.82, 2.24) is 0 Å². The number of carboxylic acids is 2. The highest BCUT2D eigenvalue weighted by Gasteiger charge is 2.52. The highest BCUT2D eigenvalue weighted by Crippen LogP contribution is 2.63. The standard InChI is InChI=1S/C38H38O4S2/c39-36(40)25-38(37(41)42,30-21-32(26-13-5-1-6-14-26)43-33(22-30)27-15-7-2-8-16-27)31-23-34(28-17-9-3-10-18-28)44-35(24-31)29-19-11-4-12-20-29/h1-20,30-35H,21-25H2,(H,39,40)(H,41,42)/p-2. The lowest BCUT2D eigenvalue weighted by molar-refractivity contribution is -0.335. The summed E-state index contributed by atoms with van der Waals surface area (Å²) in [4.78, 5) is 26.3. The molecule has 0 amide bonds. The SMILES string of the molecule is O=C([O-])CC(C(=O)[O-])(C1CC(c2ccccc2)SC(c2ccccc2)C1)C1CC(c2ccccc2)SC(c2ccccc2)C1. The quantitative estimate of drug-likeness (QED) is 0.198. The summed E-state index contributed by atoms with van der Waals surface area (Å²) in [6.07, 6.45) is 1.71. The van der Waals surface area contributed by atoms with E-state index in [1.807, 2.05) is 96.3 Å². The van der Waals surface area contributed by atoms with E-state index in [-0.39, 0.29) is 21.0 Å². The topological polar surface area (TPSA) is 80.3 Å². The molecular weight excluding hydrogens is 585 g/mol. The minimum atomic E-state index is -1.58. The van der Waals surface area contributed by atoms with Crippen LogP contribution in [-0.4, -0.2) is 11.9 Å². The molecule has 44 heavy (non-hydrogen) atoms. The van der Waals surface area contributed by atoms with Crippen LogP contribution in [0.2, 0.25) is 0 Å². The second-order valence-electron chi connectivity index (χ2n) is 12.1. The van der Waals surface area contributed by atoms with Crippen LogP contribution in [-0.2, 0) is 9.59 Å². The fraction of sp³-hybridized carbons (Fsp3) is 0.316. The summed E-state index contributed by atoms with van der Waals surface area (Å²) in [6.45, 7) is 0. The number of hydrogen-bond acceptors (Lipinski definition) is 6. The number of hydrogen-bond donors (Lipinski definition) is 0. The Morgan fingerprint density at radius 3 is 1.02 bits per heavy atom. The van der Waals surface area contributed by atoms with Gasteiger partial charge in [-0.05, 0) is 66.2 Å². The predicted molar refractivity (Wildman–Crippen MR) is 174 cm³/mol. The van der Waals surface area contributed by atoms with Crippen LogP contribution < -0.4 is 10.2 Å². The summed E-state index contributed by atoms with van der Waals surface area (Å²) < 4.78 is 0. The van der Waals surface area contributed by atoms with Crippen LogP contribution in [0.15, 0.2) is 121 Å². The van der Waals surface area contributed by atoms with E-state index in [0.717, 1.165) is 22.3 Å². The van der Waals surface area contributed by atoms with E-state index >= 15 is 0 Å². The zero-order valence-corrected chi connectivity index (χ0v) is 26.1. The Morgan fingerprint density at radius 2 is 0.795 bits per heavy atom. The average molecular weight is 621 g/mol. The van der Waals surface area contributed by atoms with Gasteiger partial charge in [0.15, 0.2) is 0 Å². The van der Waals surface area contributed by atoms with E-state index in [1.54, 1.807) is 0 Å². The van der Waals surface area contributed by atoms with Crippen molar-refractivity contribution in [3.63, 3.8) is 0 Å². The van der Waals surface area contributed by atoms with Crippen molar-refractivity contribution < 1.29 is 19.8 Å². The van der Waals surface area contributed by atoms with Crippen molar-refractivity contribution in [3.8, 4) is 0 Å². The molecule has 0 saturated carbocycles. The van der Waals surface area contributed by atoms with Gasteiger partial charge in [-0.2, -0.15) is 0 Å². The lowest BCUT2D eigenvalue weighted by Gasteiger charge is -2.54. The lowest BCUT2D eigenvalue weighted by atomic mass is 9.58. The molecule has 4 nitrogen and oxygen atoms in total. The average Bonchev–Trinajstić information content (AvgIpc) is 3.08. The minimum Gasteiger partial charge on any atom is -0.550 e. The third kappa shape index (κ3) is 6.47. The normalized spacial score (nSPS) is 26.7. The first-order chi connectivity index (χ1) is 21.4. The number of rotatable bonds is 9. The Kier molecular flexibility index (Phi) is 9.48. The molecule has 2 aliphatic heterocycles. The van der Waals surface area contributed by atoms with Crippen LogP contribution in [0.1, 0.15) is 75.4 Å². The van der Waals surface area contributed by atoms with Gasteiger partial charge in [0.2, 0.25) is 0 Å². The van der Waals surface area contributed by atoms with Crippen molar-refractivity contribution in [3.05, 3.63) is 144 Å². The van der Waals surface area contributed by atoms with Gasteiger partial charge in [0.05, 0.1) is 0 Å². The van der Waals surface area contributed by atoms with E-state index in [2.05, 4.69) is 48.5 Å². The Labute approximate surface area is 268 Å². The Bertz CT molecular complexity index is 1330. The minimum absolute atomic E-state index is 0.0217. The van der Waals surface area contributed by atoms with E-state index < -0.39 is 35.6 Å². The molecule has 4 aromatic rings. The number of carbonyl (C=O) groups is 2. The Hall–Kier alpha value is -3.48. The molecule has 0 bridgehead atoms. The van der Waals surface area contributed by atoms with Crippen molar-refractivity contribution in [2.24, 2.45) is 17.3 Å². The molecule has 2 aliphatic rings. The van der Waals surface area contributed by atoms with Crippen molar-refractivity contribution in [2.45, 2.75) is 53.1 Å². The molecular formula is C38H36O4S2-2. The predicted octanol–water partition coefficient (Wildman–Crippen LogP) is 7.11. The summed E-state index contributed by atoms with van der Waals surface area (Å²) in [6, 6.07) is 40.8. The smallest absolute Gasteiger partial charge is 0.0485 e. The Balaban J connectivity index is 1.45. The summed E-state index contributed by atoms with van der Waals surface area (Å²) in [5, 5.41) is 26.4. The highest BCUT2D eigenvalue weighted by atomic mass is 32.2. The number of carboxylic acid groups (broad SMARTS) is 2. The Morgan fingerprint density at radius 1 is 0.523 bits per heavy atom. The highest BCUT2D eigenvalue weighted by molar-refractivity contribution is 8.00. The summed E-state index contributed by atoms with van der Waals surface area (Å²) in [7, 11) is 0. The third-order valence-corrected chi connectivity index (χ3v) is 12.8. The maximum absolute atomic E-state index is 13.7. The third-order valence-electron chi connectivity index (χ3n) is 9.61. The molecule has 0 aromatic heterocycles. The van der Waals surface area contributed by atoms with Gasteiger partial charge in [-0.25, -0.2) is 0 Å². The van der Waals surface area contributed by atoms with Gasteiger partial charge in [-0.3, -0.25) is 0 Å². The molecule has 6 heteroatoms. The molecule has 0 spiro atoms. The molecule has 4 aromatic carbocycles. The van der Waals surface area contributed by atoms with Gasteiger partial charge >= 0.3 is 0 Å². The largest absolute Gasteiger partial charge is 0.550 e. The molecule has 226 valence electrons.